The molecule has 1 aliphatic heterocycles. The topological polar surface area (TPSA) is 21.3 Å². The summed E-state index contributed by atoms with van der Waals surface area (Å²) < 4.78 is 31.3. The summed E-state index contributed by atoms with van der Waals surface area (Å²) in [7, 11) is 0. The molecule has 1 aliphatic rings. The second-order valence-electron chi connectivity index (χ2n) is 4.89. The molecule has 2 unspecified atom stereocenters. The van der Waals surface area contributed by atoms with Crippen molar-refractivity contribution in [3.05, 3.63) is 35.4 Å². The zero-order chi connectivity index (χ0) is 13.0. The van der Waals surface area contributed by atoms with Crippen molar-refractivity contribution in [3.8, 4) is 0 Å². The van der Waals surface area contributed by atoms with Crippen LogP contribution < -0.4 is 5.32 Å². The smallest absolute Gasteiger partial charge is 0.126 e. The molecule has 0 aliphatic carbocycles. The first kappa shape index (κ1) is 13.4. The maximum absolute atomic E-state index is 13.0. The SMILES string of the molecule is CC(NCCc1cc(F)cc(F)c1)C1CCOC1. The van der Waals surface area contributed by atoms with Gasteiger partial charge in [-0.3, -0.25) is 0 Å². The maximum Gasteiger partial charge on any atom is 0.126 e. The van der Waals surface area contributed by atoms with Crippen LogP contribution >= 0.6 is 0 Å². The molecule has 0 aromatic heterocycles. The van der Waals surface area contributed by atoms with Crippen LogP contribution in [0.4, 0.5) is 8.78 Å². The third-order valence-corrected chi connectivity index (χ3v) is 3.47. The minimum atomic E-state index is -0.512. The molecule has 1 saturated heterocycles. The summed E-state index contributed by atoms with van der Waals surface area (Å²) in [5, 5.41) is 3.39. The molecule has 2 nitrogen and oxygen atoms in total. The lowest BCUT2D eigenvalue weighted by atomic mass is 10.0. The molecule has 18 heavy (non-hydrogen) atoms. The van der Waals surface area contributed by atoms with Gasteiger partial charge in [0, 0.05) is 18.7 Å². The summed E-state index contributed by atoms with van der Waals surface area (Å²) in [6, 6.07) is 4.04. The first-order valence-electron chi connectivity index (χ1n) is 6.41. The number of ether oxygens (including phenoxy) is 1. The van der Waals surface area contributed by atoms with E-state index in [1.807, 2.05) is 0 Å². The van der Waals surface area contributed by atoms with Gasteiger partial charge in [-0.25, -0.2) is 8.78 Å². The van der Waals surface area contributed by atoms with E-state index in [0.717, 1.165) is 32.2 Å². The van der Waals surface area contributed by atoms with E-state index >= 15 is 0 Å². The van der Waals surface area contributed by atoms with Gasteiger partial charge >= 0.3 is 0 Å². The molecule has 4 heteroatoms. The van der Waals surface area contributed by atoms with Gasteiger partial charge in [0.1, 0.15) is 11.6 Å². The fourth-order valence-electron chi connectivity index (χ4n) is 2.31. The van der Waals surface area contributed by atoms with E-state index in [9.17, 15) is 8.78 Å². The van der Waals surface area contributed by atoms with Crippen molar-refractivity contribution in [2.45, 2.75) is 25.8 Å². The van der Waals surface area contributed by atoms with Gasteiger partial charge in [-0.2, -0.15) is 0 Å². The molecule has 2 atom stereocenters. The molecule has 0 spiro atoms. The zero-order valence-corrected chi connectivity index (χ0v) is 10.6. The number of halogens is 2. The normalized spacial score (nSPS) is 21.2. The Balaban J connectivity index is 1.77. The largest absolute Gasteiger partial charge is 0.381 e. The molecule has 1 heterocycles. The lowest BCUT2D eigenvalue weighted by molar-refractivity contribution is 0.178. The Morgan fingerprint density at radius 2 is 2.06 bits per heavy atom. The van der Waals surface area contributed by atoms with E-state index in [2.05, 4.69) is 12.2 Å². The zero-order valence-electron chi connectivity index (χ0n) is 10.6. The predicted octanol–water partition coefficient (Wildman–Crippen LogP) is 2.52. The summed E-state index contributed by atoms with van der Waals surface area (Å²) >= 11 is 0. The summed E-state index contributed by atoms with van der Waals surface area (Å²) in [6.45, 7) is 4.50. The first-order valence-corrected chi connectivity index (χ1v) is 6.41. The molecule has 0 saturated carbocycles. The Bertz CT molecular complexity index is 371. The Morgan fingerprint density at radius 1 is 1.33 bits per heavy atom. The van der Waals surface area contributed by atoms with E-state index in [1.54, 1.807) is 0 Å². The van der Waals surface area contributed by atoms with Gasteiger partial charge in [0.15, 0.2) is 0 Å². The molecule has 1 N–H and O–H groups in total. The Morgan fingerprint density at radius 3 is 2.67 bits per heavy atom. The Kier molecular flexibility index (Phi) is 4.66. The van der Waals surface area contributed by atoms with Crippen molar-refractivity contribution < 1.29 is 13.5 Å². The fraction of sp³-hybridized carbons (Fsp3) is 0.571. The molecule has 0 radical (unpaired) electrons. The highest BCUT2D eigenvalue weighted by molar-refractivity contribution is 5.18. The second kappa shape index (κ2) is 6.25. The van der Waals surface area contributed by atoms with Crippen LogP contribution in [0.25, 0.3) is 0 Å². The predicted molar refractivity (Wildman–Crippen MR) is 66.5 cm³/mol. The average molecular weight is 255 g/mol. The monoisotopic (exact) mass is 255 g/mol. The van der Waals surface area contributed by atoms with E-state index in [1.165, 1.54) is 12.1 Å². The fourth-order valence-corrected chi connectivity index (χ4v) is 2.31. The molecule has 2 rings (SSSR count). The number of nitrogens with one attached hydrogen (secondary N) is 1. The lowest BCUT2D eigenvalue weighted by Gasteiger charge is -2.19. The van der Waals surface area contributed by atoms with Crippen LogP contribution in [0.5, 0.6) is 0 Å². The van der Waals surface area contributed by atoms with Crippen molar-refractivity contribution >= 4 is 0 Å². The standard InChI is InChI=1S/C14H19F2NO/c1-10(12-3-5-18-9-12)17-4-2-11-6-13(15)8-14(16)7-11/h6-8,10,12,17H,2-5,9H2,1H3. The third-order valence-electron chi connectivity index (χ3n) is 3.47. The van der Waals surface area contributed by atoms with Crippen LogP contribution in [0.1, 0.15) is 18.9 Å². The van der Waals surface area contributed by atoms with E-state index in [0.29, 0.717) is 23.9 Å². The van der Waals surface area contributed by atoms with Crippen LogP contribution in [0.15, 0.2) is 18.2 Å². The van der Waals surface area contributed by atoms with Crippen molar-refractivity contribution in [1.29, 1.82) is 0 Å². The molecule has 0 bridgehead atoms. The average Bonchev–Trinajstić information content (AvgIpc) is 2.80. The van der Waals surface area contributed by atoms with Gasteiger partial charge in [0.2, 0.25) is 0 Å². The van der Waals surface area contributed by atoms with Gasteiger partial charge in [0.05, 0.1) is 6.61 Å². The number of hydrogen-bond acceptors (Lipinski definition) is 2. The minimum absolute atomic E-state index is 0.380. The highest BCUT2D eigenvalue weighted by Crippen LogP contribution is 2.16. The van der Waals surface area contributed by atoms with E-state index < -0.39 is 11.6 Å². The highest BCUT2D eigenvalue weighted by Gasteiger charge is 2.21. The van der Waals surface area contributed by atoms with Gasteiger partial charge in [-0.05, 0) is 49.9 Å². The second-order valence-corrected chi connectivity index (χ2v) is 4.89. The third kappa shape index (κ3) is 3.75. The van der Waals surface area contributed by atoms with Crippen molar-refractivity contribution in [3.63, 3.8) is 0 Å². The Labute approximate surface area is 106 Å². The Hall–Kier alpha value is -1.00. The van der Waals surface area contributed by atoms with Crippen LogP contribution in [0.3, 0.4) is 0 Å². The van der Waals surface area contributed by atoms with Crippen molar-refractivity contribution in [2.75, 3.05) is 19.8 Å². The van der Waals surface area contributed by atoms with Crippen LogP contribution in [-0.2, 0) is 11.2 Å². The molecular weight excluding hydrogens is 236 g/mol. The molecule has 0 amide bonds. The van der Waals surface area contributed by atoms with Crippen LogP contribution in [-0.4, -0.2) is 25.8 Å². The van der Waals surface area contributed by atoms with E-state index in [4.69, 9.17) is 4.74 Å². The van der Waals surface area contributed by atoms with Crippen LogP contribution in [0, 0.1) is 17.6 Å². The van der Waals surface area contributed by atoms with Gasteiger partial charge < -0.3 is 10.1 Å². The van der Waals surface area contributed by atoms with Crippen molar-refractivity contribution in [1.82, 2.24) is 5.32 Å². The first-order chi connectivity index (χ1) is 8.65. The molecule has 1 fully saturated rings. The molecule has 1 aromatic rings. The minimum Gasteiger partial charge on any atom is -0.381 e. The van der Waals surface area contributed by atoms with Gasteiger partial charge in [0.25, 0.3) is 0 Å². The summed E-state index contributed by atoms with van der Waals surface area (Å²) in [5.74, 6) is -0.473. The summed E-state index contributed by atoms with van der Waals surface area (Å²) in [5.41, 5.74) is 0.690. The van der Waals surface area contributed by atoms with Gasteiger partial charge in [-0.1, -0.05) is 0 Å². The van der Waals surface area contributed by atoms with Gasteiger partial charge in [-0.15, -0.1) is 0 Å². The summed E-state index contributed by atoms with van der Waals surface area (Å²) in [4.78, 5) is 0. The van der Waals surface area contributed by atoms with Crippen LogP contribution in [0.2, 0.25) is 0 Å². The number of hydrogen-bond donors (Lipinski definition) is 1. The number of benzene rings is 1. The summed E-state index contributed by atoms with van der Waals surface area (Å²) in [6.07, 6.45) is 1.72. The van der Waals surface area contributed by atoms with Crippen molar-refractivity contribution in [2.24, 2.45) is 5.92 Å². The molecule has 100 valence electrons. The van der Waals surface area contributed by atoms with E-state index in [-0.39, 0.29) is 0 Å². The molecular formula is C14H19F2NO. The lowest BCUT2D eigenvalue weighted by Crippen LogP contribution is -2.35. The molecule has 1 aromatic carbocycles. The maximum atomic E-state index is 13.0. The quantitative estimate of drug-likeness (QED) is 0.873. The number of rotatable bonds is 5. The highest BCUT2D eigenvalue weighted by atomic mass is 19.1.